The van der Waals surface area contributed by atoms with Gasteiger partial charge in [-0.3, -0.25) is 20.4 Å². The van der Waals surface area contributed by atoms with Crippen molar-refractivity contribution < 1.29 is 19.1 Å². The first-order valence-electron chi connectivity index (χ1n) is 10.8. The lowest BCUT2D eigenvalue weighted by Gasteiger charge is -2.23. The maximum atomic E-state index is 12.2. The zero-order valence-corrected chi connectivity index (χ0v) is 17.8. The topological polar surface area (TPSA) is 79.9 Å². The van der Waals surface area contributed by atoms with Crippen LogP contribution in [-0.2, 0) is 14.3 Å². The van der Waals surface area contributed by atoms with E-state index in [0.717, 1.165) is 17.0 Å². The summed E-state index contributed by atoms with van der Waals surface area (Å²) >= 11 is 0. The number of nitrogens with one attached hydrogen (secondary N) is 2. The van der Waals surface area contributed by atoms with Gasteiger partial charge in [0.15, 0.2) is 0 Å². The predicted molar refractivity (Wildman–Crippen MR) is 118 cm³/mol. The Hall–Kier alpha value is -3.06. The molecule has 6 rings (SSSR count). The maximum absolute atomic E-state index is 12.2. The van der Waals surface area contributed by atoms with Crippen LogP contribution in [0, 0.1) is 0 Å². The summed E-state index contributed by atoms with van der Waals surface area (Å²) in [6, 6.07) is 17.1. The average Bonchev–Trinajstić information content (AvgIpc) is 3.52. The van der Waals surface area contributed by atoms with Crippen molar-refractivity contribution in [2.24, 2.45) is 0 Å². The van der Waals surface area contributed by atoms with Crippen molar-refractivity contribution >= 4 is 17.5 Å². The van der Waals surface area contributed by atoms with Gasteiger partial charge in [0.1, 0.15) is 12.3 Å². The zero-order chi connectivity index (χ0) is 21.6. The summed E-state index contributed by atoms with van der Waals surface area (Å²) in [6.07, 6.45) is 5.84. The van der Waals surface area contributed by atoms with Gasteiger partial charge in [-0.1, -0.05) is 30.3 Å². The molecule has 164 valence electrons. The Labute approximate surface area is 182 Å². The van der Waals surface area contributed by atoms with Crippen LogP contribution in [0.2, 0.25) is 0 Å². The largest absolute Gasteiger partial charge is 0.497 e. The van der Waals surface area contributed by atoms with Gasteiger partial charge in [-0.15, -0.1) is 0 Å². The van der Waals surface area contributed by atoms with Gasteiger partial charge in [0.25, 0.3) is 5.91 Å². The van der Waals surface area contributed by atoms with Gasteiger partial charge >= 0.3 is 0 Å². The van der Waals surface area contributed by atoms with Crippen molar-refractivity contribution in [3.8, 4) is 5.75 Å². The minimum atomic E-state index is -0.243. The summed E-state index contributed by atoms with van der Waals surface area (Å²) in [5.41, 5.74) is 7.33. The molecule has 31 heavy (non-hydrogen) atoms. The van der Waals surface area contributed by atoms with Crippen LogP contribution in [0.1, 0.15) is 37.2 Å². The van der Waals surface area contributed by atoms with E-state index in [1.807, 2.05) is 54.6 Å². The minimum absolute atomic E-state index is 0.00400. The molecule has 0 aromatic heterocycles. The van der Waals surface area contributed by atoms with Gasteiger partial charge in [-0.25, -0.2) is 0 Å². The fourth-order valence-electron chi connectivity index (χ4n) is 4.20. The van der Waals surface area contributed by atoms with Gasteiger partial charge in [0.2, 0.25) is 5.91 Å². The molecule has 4 aliphatic rings. The fraction of sp³-hybridized carbons (Fsp3) is 0.417. The summed E-state index contributed by atoms with van der Waals surface area (Å²) in [4.78, 5) is 25.8. The molecule has 3 unspecified atom stereocenters. The number of carbonyl (C=O) groups excluding carboxylic acids is 2. The molecule has 3 atom stereocenters. The molecular formula is C24H29N3O4. The van der Waals surface area contributed by atoms with Crippen LogP contribution in [-0.4, -0.2) is 49.1 Å². The van der Waals surface area contributed by atoms with Crippen molar-refractivity contribution in [1.82, 2.24) is 10.3 Å². The van der Waals surface area contributed by atoms with Crippen LogP contribution >= 0.6 is 0 Å². The first-order chi connectivity index (χ1) is 15.1. The number of hydrazine groups is 1. The number of methoxy groups -OCH3 is 1. The Kier molecular flexibility index (Phi) is 6.72. The lowest BCUT2D eigenvalue weighted by atomic mass is 9.98. The Morgan fingerprint density at radius 3 is 2.35 bits per heavy atom. The fourth-order valence-corrected chi connectivity index (χ4v) is 4.20. The third kappa shape index (κ3) is 5.55. The number of fused-ring (bicyclic) bond motifs is 1. The summed E-state index contributed by atoms with van der Waals surface area (Å²) in [6.45, 7) is 0.593. The van der Waals surface area contributed by atoms with Crippen LogP contribution in [0.15, 0.2) is 54.6 Å². The number of benzene rings is 2. The Morgan fingerprint density at radius 2 is 1.77 bits per heavy atom. The molecule has 3 heterocycles. The molecule has 2 bridgehead atoms. The lowest BCUT2D eigenvalue weighted by molar-refractivity contribution is -0.132. The molecule has 2 amide bonds. The highest BCUT2D eigenvalue weighted by Crippen LogP contribution is 2.36. The van der Waals surface area contributed by atoms with E-state index in [9.17, 15) is 9.59 Å². The van der Waals surface area contributed by atoms with Crippen LogP contribution in [0.25, 0.3) is 0 Å². The number of para-hydroxylation sites is 1. The highest BCUT2D eigenvalue weighted by Gasteiger charge is 2.36. The van der Waals surface area contributed by atoms with Crippen molar-refractivity contribution in [2.45, 2.75) is 43.8 Å². The Morgan fingerprint density at radius 1 is 1.10 bits per heavy atom. The van der Waals surface area contributed by atoms with E-state index >= 15 is 0 Å². The number of anilines is 1. The van der Waals surface area contributed by atoms with E-state index in [1.165, 1.54) is 19.3 Å². The van der Waals surface area contributed by atoms with Crippen LogP contribution < -0.4 is 15.6 Å². The number of hydrogen-bond acceptors (Lipinski definition) is 5. The second kappa shape index (κ2) is 9.83. The number of hydrogen-bond donors (Lipinski definition) is 2. The first kappa shape index (κ1) is 21.2. The number of carbonyl (C=O) groups is 2. The molecule has 1 aliphatic carbocycles. The van der Waals surface area contributed by atoms with E-state index < -0.39 is 0 Å². The normalized spacial score (nSPS) is 23.5. The smallest absolute Gasteiger partial charge is 0.257 e. The molecular weight excluding hydrogens is 394 g/mol. The molecule has 0 radical (unpaired) electrons. The summed E-state index contributed by atoms with van der Waals surface area (Å²) in [5, 5.41) is 0. The first-order valence-corrected chi connectivity index (χ1v) is 10.8. The molecule has 0 spiro atoms. The van der Waals surface area contributed by atoms with Crippen LogP contribution in [0.5, 0.6) is 5.75 Å². The Bertz CT molecular complexity index is 868. The van der Waals surface area contributed by atoms with Gasteiger partial charge < -0.3 is 14.4 Å². The minimum Gasteiger partial charge on any atom is -0.497 e. The van der Waals surface area contributed by atoms with Crippen molar-refractivity contribution in [3.63, 3.8) is 0 Å². The molecule has 7 heteroatoms. The maximum Gasteiger partial charge on any atom is 0.257 e. The number of amides is 2. The Balaban J connectivity index is 0.000000325. The summed E-state index contributed by atoms with van der Waals surface area (Å²) < 4.78 is 10.4. The van der Waals surface area contributed by atoms with Crippen molar-refractivity contribution in [1.29, 1.82) is 0 Å². The van der Waals surface area contributed by atoms with Gasteiger partial charge in [-0.05, 0) is 49.1 Å². The van der Waals surface area contributed by atoms with Gasteiger partial charge in [0.05, 0.1) is 25.0 Å². The number of ether oxygens (including phenoxy) is 2. The standard InChI is InChI=1S/C19H21N3O3.C5H8O/c1-25-17-9-7-14(8-10-17)15-11-19(24)22(12-15)13-18(23)21-20-16-5-3-2-4-6-16;1-2-5-3-4(1)6-5/h2-10,15,20H,11-13H2,1H3,(H,21,23);4-5H,1-3H2. The van der Waals surface area contributed by atoms with E-state index in [1.54, 1.807) is 12.0 Å². The molecule has 3 aliphatic heterocycles. The van der Waals surface area contributed by atoms with E-state index in [4.69, 9.17) is 9.47 Å². The highest BCUT2D eigenvalue weighted by molar-refractivity contribution is 5.87. The third-order valence-corrected chi connectivity index (χ3v) is 5.98. The summed E-state index contributed by atoms with van der Waals surface area (Å²) in [7, 11) is 1.62. The number of nitrogens with zero attached hydrogens (tertiary/aromatic N) is 1. The second-order valence-electron chi connectivity index (χ2n) is 8.18. The number of rotatable bonds is 6. The molecule has 2 N–H and O–H groups in total. The highest BCUT2D eigenvalue weighted by atomic mass is 16.5. The number of likely N-dealkylation sites (tertiary alicyclic amines) is 1. The SMILES string of the molecule is C1CC2CC1O2.COc1ccc(C2CC(=O)N(CC(=O)NNc3ccccc3)C2)cc1. The summed E-state index contributed by atoms with van der Waals surface area (Å²) in [5.74, 6) is 0.646. The molecule has 2 aromatic carbocycles. The van der Waals surface area contributed by atoms with Gasteiger partial charge in [-0.2, -0.15) is 0 Å². The third-order valence-electron chi connectivity index (χ3n) is 5.98. The average molecular weight is 424 g/mol. The van der Waals surface area contributed by atoms with Crippen molar-refractivity contribution in [3.05, 3.63) is 60.2 Å². The van der Waals surface area contributed by atoms with Crippen molar-refractivity contribution in [2.75, 3.05) is 25.6 Å². The molecule has 2 aromatic rings. The van der Waals surface area contributed by atoms with E-state index in [0.29, 0.717) is 25.2 Å². The predicted octanol–water partition coefficient (Wildman–Crippen LogP) is 3.09. The van der Waals surface area contributed by atoms with E-state index in [2.05, 4.69) is 10.9 Å². The molecule has 4 fully saturated rings. The second-order valence-corrected chi connectivity index (χ2v) is 8.18. The van der Waals surface area contributed by atoms with E-state index in [-0.39, 0.29) is 24.3 Å². The lowest BCUT2D eigenvalue weighted by Crippen LogP contribution is -2.40. The van der Waals surface area contributed by atoms with Crippen LogP contribution in [0.3, 0.4) is 0 Å². The van der Waals surface area contributed by atoms with Crippen LogP contribution in [0.4, 0.5) is 5.69 Å². The molecule has 3 saturated heterocycles. The molecule has 7 nitrogen and oxygen atoms in total. The monoisotopic (exact) mass is 423 g/mol. The molecule has 1 saturated carbocycles. The van der Waals surface area contributed by atoms with Gasteiger partial charge in [0, 0.05) is 18.9 Å². The zero-order valence-electron chi connectivity index (χ0n) is 17.8. The quantitative estimate of drug-likeness (QED) is 0.698.